The number of likely N-dealkylation sites (tertiary alicyclic amines) is 1. The zero-order valence-electron chi connectivity index (χ0n) is 17.9. The third-order valence-corrected chi connectivity index (χ3v) is 7.52. The molecule has 1 aromatic carbocycles. The van der Waals surface area contributed by atoms with E-state index in [1.54, 1.807) is 6.07 Å². The maximum absolute atomic E-state index is 14.8. The molecule has 4 aromatic rings. The summed E-state index contributed by atoms with van der Waals surface area (Å²) >= 11 is 1.40. The molecule has 1 atom stereocenters. The molecule has 0 amide bonds. The van der Waals surface area contributed by atoms with Crippen LogP contribution >= 0.6 is 11.5 Å². The predicted molar refractivity (Wildman–Crippen MR) is 124 cm³/mol. The number of pyridine rings is 2. The molecule has 2 aliphatic rings. The van der Waals surface area contributed by atoms with E-state index in [1.165, 1.54) is 27.7 Å². The number of halogens is 1. The number of hydrogen-bond donors (Lipinski definition) is 2. The van der Waals surface area contributed by atoms with E-state index in [2.05, 4.69) is 43.0 Å². The first-order chi connectivity index (χ1) is 16.0. The minimum absolute atomic E-state index is 0.0489. The Balaban J connectivity index is 1.11. The smallest absolute Gasteiger partial charge is 0.251 e. The number of benzene rings is 1. The molecule has 10 heteroatoms. The molecule has 3 aromatic heterocycles. The fourth-order valence-corrected chi connectivity index (χ4v) is 5.71. The first kappa shape index (κ1) is 20.8. The van der Waals surface area contributed by atoms with Gasteiger partial charge >= 0.3 is 0 Å². The van der Waals surface area contributed by atoms with Gasteiger partial charge in [-0.05, 0) is 61.2 Å². The molecule has 170 valence electrons. The van der Waals surface area contributed by atoms with E-state index in [0.29, 0.717) is 17.1 Å². The molecule has 2 N–H and O–H groups in total. The van der Waals surface area contributed by atoms with Gasteiger partial charge in [-0.3, -0.25) is 14.7 Å². The standard InChI is InChI=1S/C23H23FN6O2S/c24-16-11-26-17-2-4-20(31)30-13-23(32,21(16)22(17)30)12-29-7-5-15(6-8-29)25-10-14-1-3-19-18(9-14)27-28-33-19/h1-4,9,11,15,25,32H,5-8,10,12-13H2/t23-/m0/s1. The van der Waals surface area contributed by atoms with E-state index in [9.17, 15) is 14.3 Å². The molecule has 2 aliphatic heterocycles. The molecule has 0 saturated carbocycles. The normalized spacial score (nSPS) is 21.4. The second kappa shape index (κ2) is 7.91. The molecule has 6 rings (SSSR count). The molecule has 1 saturated heterocycles. The van der Waals surface area contributed by atoms with Gasteiger partial charge in [0.25, 0.3) is 5.56 Å². The van der Waals surface area contributed by atoms with Crippen LogP contribution in [-0.2, 0) is 18.7 Å². The zero-order valence-corrected chi connectivity index (χ0v) is 18.7. The molecule has 0 aliphatic carbocycles. The van der Waals surface area contributed by atoms with Gasteiger partial charge in [0.05, 0.1) is 34.0 Å². The molecule has 5 heterocycles. The van der Waals surface area contributed by atoms with Crippen LogP contribution in [0.3, 0.4) is 0 Å². The van der Waals surface area contributed by atoms with Gasteiger partial charge in [0.1, 0.15) is 16.9 Å². The Kier molecular flexibility index (Phi) is 4.98. The van der Waals surface area contributed by atoms with Gasteiger partial charge in [0, 0.05) is 25.2 Å². The van der Waals surface area contributed by atoms with Crippen molar-refractivity contribution in [2.24, 2.45) is 0 Å². The highest BCUT2D eigenvalue weighted by Gasteiger charge is 2.43. The molecule has 1 fully saturated rings. The minimum Gasteiger partial charge on any atom is -0.382 e. The average molecular weight is 467 g/mol. The van der Waals surface area contributed by atoms with Crippen LogP contribution in [0.4, 0.5) is 4.39 Å². The molecule has 0 unspecified atom stereocenters. The molecule has 0 radical (unpaired) electrons. The lowest BCUT2D eigenvalue weighted by molar-refractivity contribution is -0.0159. The third-order valence-electron chi connectivity index (χ3n) is 6.82. The maximum atomic E-state index is 14.8. The number of piperidine rings is 1. The Morgan fingerprint density at radius 2 is 2.06 bits per heavy atom. The quantitative estimate of drug-likeness (QED) is 0.464. The van der Waals surface area contributed by atoms with Gasteiger partial charge in [0.2, 0.25) is 0 Å². The summed E-state index contributed by atoms with van der Waals surface area (Å²) in [4.78, 5) is 18.6. The van der Waals surface area contributed by atoms with Gasteiger partial charge in [0.15, 0.2) is 0 Å². The van der Waals surface area contributed by atoms with Crippen LogP contribution in [0.1, 0.15) is 24.0 Å². The fraction of sp³-hybridized carbons (Fsp3) is 0.391. The Bertz CT molecular complexity index is 1410. The van der Waals surface area contributed by atoms with Crippen molar-refractivity contribution in [2.45, 2.75) is 37.6 Å². The average Bonchev–Trinajstić information content (AvgIpc) is 3.40. The highest BCUT2D eigenvalue weighted by atomic mass is 32.1. The Morgan fingerprint density at radius 3 is 2.91 bits per heavy atom. The second-order valence-electron chi connectivity index (χ2n) is 9.01. The summed E-state index contributed by atoms with van der Waals surface area (Å²) < 4.78 is 21.3. The fourth-order valence-electron chi connectivity index (χ4n) is 5.17. The van der Waals surface area contributed by atoms with Crippen molar-refractivity contribution in [3.63, 3.8) is 0 Å². The third kappa shape index (κ3) is 3.63. The number of hydrogen-bond acceptors (Lipinski definition) is 8. The van der Waals surface area contributed by atoms with Crippen molar-refractivity contribution in [2.75, 3.05) is 19.6 Å². The van der Waals surface area contributed by atoms with Gasteiger partial charge in [-0.25, -0.2) is 4.39 Å². The number of aromatic nitrogens is 4. The van der Waals surface area contributed by atoms with E-state index >= 15 is 0 Å². The van der Waals surface area contributed by atoms with Gasteiger partial charge in [-0.2, -0.15) is 0 Å². The molecular weight excluding hydrogens is 443 g/mol. The Hall–Kier alpha value is -2.79. The summed E-state index contributed by atoms with van der Waals surface area (Å²) in [6.45, 7) is 2.67. The summed E-state index contributed by atoms with van der Waals surface area (Å²) in [5.41, 5.74) is 1.54. The number of nitrogens with one attached hydrogen (secondary N) is 1. The lowest BCUT2D eigenvalue weighted by Gasteiger charge is -2.37. The van der Waals surface area contributed by atoms with Gasteiger partial charge in [-0.15, -0.1) is 5.10 Å². The van der Waals surface area contributed by atoms with Crippen LogP contribution in [0.25, 0.3) is 21.3 Å². The summed E-state index contributed by atoms with van der Waals surface area (Å²) in [7, 11) is 0. The number of aliphatic hydroxyl groups is 1. The maximum Gasteiger partial charge on any atom is 0.251 e. The predicted octanol–water partition coefficient (Wildman–Crippen LogP) is 2.00. The summed E-state index contributed by atoms with van der Waals surface area (Å²) in [6, 6.07) is 9.60. The number of β-amino-alcohol motifs (C(OH)–C–C–N with tert-alkyl or cyclic N) is 1. The number of rotatable bonds is 5. The molecule has 0 bridgehead atoms. The molecule has 33 heavy (non-hydrogen) atoms. The van der Waals surface area contributed by atoms with E-state index < -0.39 is 11.4 Å². The van der Waals surface area contributed by atoms with E-state index in [-0.39, 0.29) is 24.2 Å². The zero-order chi connectivity index (χ0) is 22.6. The van der Waals surface area contributed by atoms with Crippen molar-refractivity contribution in [1.29, 1.82) is 0 Å². The van der Waals surface area contributed by atoms with Gasteiger partial charge < -0.3 is 15.0 Å². The van der Waals surface area contributed by atoms with Crippen LogP contribution in [0.15, 0.2) is 41.3 Å². The van der Waals surface area contributed by atoms with Crippen LogP contribution in [0.5, 0.6) is 0 Å². The van der Waals surface area contributed by atoms with E-state index in [1.807, 2.05) is 0 Å². The van der Waals surface area contributed by atoms with Crippen molar-refractivity contribution in [1.82, 2.24) is 29.4 Å². The van der Waals surface area contributed by atoms with Crippen LogP contribution in [0.2, 0.25) is 0 Å². The summed E-state index contributed by atoms with van der Waals surface area (Å²) in [6.07, 6.45) is 2.99. The summed E-state index contributed by atoms with van der Waals surface area (Å²) in [5.74, 6) is -0.564. The van der Waals surface area contributed by atoms with Crippen molar-refractivity contribution in [3.05, 3.63) is 63.8 Å². The number of fused-ring (bicyclic) bond motifs is 1. The summed E-state index contributed by atoms with van der Waals surface area (Å²) in [5, 5.41) is 19.2. The number of nitrogens with zero attached hydrogens (tertiary/aromatic N) is 5. The Morgan fingerprint density at radius 1 is 1.21 bits per heavy atom. The van der Waals surface area contributed by atoms with Crippen molar-refractivity contribution in [3.8, 4) is 0 Å². The van der Waals surface area contributed by atoms with Crippen LogP contribution in [0, 0.1) is 5.82 Å². The van der Waals surface area contributed by atoms with Crippen LogP contribution in [-0.4, -0.2) is 54.8 Å². The lowest BCUT2D eigenvalue weighted by atomic mass is 9.93. The highest BCUT2D eigenvalue weighted by molar-refractivity contribution is 7.12. The first-order valence-electron chi connectivity index (χ1n) is 11.1. The lowest BCUT2D eigenvalue weighted by Crippen LogP contribution is -2.48. The van der Waals surface area contributed by atoms with Crippen molar-refractivity contribution >= 4 is 32.8 Å². The Labute approximate surface area is 192 Å². The first-order valence-corrected chi connectivity index (χ1v) is 11.9. The van der Waals surface area contributed by atoms with Gasteiger partial charge in [-0.1, -0.05) is 10.6 Å². The largest absolute Gasteiger partial charge is 0.382 e. The molecule has 0 spiro atoms. The van der Waals surface area contributed by atoms with E-state index in [0.717, 1.165) is 48.9 Å². The van der Waals surface area contributed by atoms with Crippen LogP contribution < -0.4 is 10.9 Å². The van der Waals surface area contributed by atoms with Crippen molar-refractivity contribution < 1.29 is 9.50 Å². The second-order valence-corrected chi connectivity index (χ2v) is 9.80. The highest BCUT2D eigenvalue weighted by Crippen LogP contribution is 2.38. The monoisotopic (exact) mass is 466 g/mol. The minimum atomic E-state index is -1.45. The topological polar surface area (TPSA) is 96.2 Å². The SMILES string of the molecule is O=c1ccc2ncc(F)c3c2n1C[C@@]3(O)CN1CCC(NCc2ccc3snnc3c2)CC1. The van der Waals surface area contributed by atoms with E-state index in [4.69, 9.17) is 0 Å². The molecule has 8 nitrogen and oxygen atoms in total. The molecular formula is C23H23FN6O2S.